The predicted molar refractivity (Wildman–Crippen MR) is 34.4 cm³/mol. The smallest absolute Gasteiger partial charge is 0.103 e. The van der Waals surface area contributed by atoms with Gasteiger partial charge in [-0.15, -0.1) is 11.8 Å². The number of nitrogens with two attached hydrogens (primary N) is 1. The molecule has 0 amide bonds. The average molecular weight is 137 g/mol. The van der Waals surface area contributed by atoms with E-state index in [-0.39, 0.29) is 6.61 Å². The van der Waals surface area contributed by atoms with Crippen LogP contribution in [0.25, 0.3) is 0 Å². The quantitative estimate of drug-likeness (QED) is 0.450. The van der Waals surface area contributed by atoms with E-state index in [2.05, 4.69) is 0 Å². The molecule has 50 valence electrons. The van der Waals surface area contributed by atoms with E-state index in [1.165, 1.54) is 11.8 Å². The number of thioether (sulfide) groups is 1. The van der Waals surface area contributed by atoms with E-state index < -0.39 is 5.44 Å². The van der Waals surface area contributed by atoms with Gasteiger partial charge in [0, 0.05) is 18.9 Å². The molecular formula is C4H11NO2S. The Kier molecular flexibility index (Phi) is 5.52. The molecule has 0 spiro atoms. The maximum Gasteiger partial charge on any atom is 0.103 e. The first kappa shape index (κ1) is 8.23. The van der Waals surface area contributed by atoms with Gasteiger partial charge in [-0.3, -0.25) is 0 Å². The van der Waals surface area contributed by atoms with Crippen molar-refractivity contribution in [3.63, 3.8) is 0 Å². The number of rotatable bonds is 4. The summed E-state index contributed by atoms with van der Waals surface area (Å²) in [4.78, 5) is 0. The molecule has 0 aromatic rings. The standard InChI is InChI=1S/C4H11NO2S/c5-3-8-4(7)1-2-6/h4,6-7H,1-3,5H2. The highest BCUT2D eigenvalue weighted by Gasteiger charge is 1.99. The first-order valence-electron chi connectivity index (χ1n) is 2.42. The third kappa shape index (κ3) is 4.39. The van der Waals surface area contributed by atoms with Gasteiger partial charge in [-0.1, -0.05) is 0 Å². The van der Waals surface area contributed by atoms with E-state index in [4.69, 9.17) is 15.9 Å². The lowest BCUT2D eigenvalue weighted by Crippen LogP contribution is -2.07. The molecule has 0 aromatic heterocycles. The van der Waals surface area contributed by atoms with Gasteiger partial charge in [0.15, 0.2) is 0 Å². The SMILES string of the molecule is NCSC(O)CCO. The van der Waals surface area contributed by atoms with Crippen molar-refractivity contribution < 1.29 is 10.2 Å². The minimum absolute atomic E-state index is 0.0220. The molecule has 0 rings (SSSR count). The largest absolute Gasteiger partial charge is 0.396 e. The maximum atomic E-state index is 8.77. The summed E-state index contributed by atoms with van der Waals surface area (Å²) in [6.07, 6.45) is 0.405. The molecule has 0 heterocycles. The topological polar surface area (TPSA) is 66.5 Å². The normalized spacial score (nSPS) is 13.9. The van der Waals surface area contributed by atoms with E-state index in [0.717, 1.165) is 0 Å². The van der Waals surface area contributed by atoms with Crippen LogP contribution in [-0.2, 0) is 0 Å². The van der Waals surface area contributed by atoms with Crippen LogP contribution < -0.4 is 5.73 Å². The first-order chi connectivity index (χ1) is 3.81. The Morgan fingerprint density at radius 1 is 1.62 bits per heavy atom. The molecule has 4 heteroatoms. The van der Waals surface area contributed by atoms with Crippen molar-refractivity contribution in [1.29, 1.82) is 0 Å². The van der Waals surface area contributed by atoms with Gasteiger partial charge in [0.1, 0.15) is 5.44 Å². The van der Waals surface area contributed by atoms with Crippen molar-refractivity contribution in [1.82, 2.24) is 0 Å². The molecule has 0 radical (unpaired) electrons. The highest BCUT2D eigenvalue weighted by atomic mass is 32.2. The zero-order valence-corrected chi connectivity index (χ0v) is 5.40. The van der Waals surface area contributed by atoms with Gasteiger partial charge < -0.3 is 15.9 Å². The van der Waals surface area contributed by atoms with Crippen LogP contribution in [0.3, 0.4) is 0 Å². The molecular weight excluding hydrogens is 126 g/mol. The molecule has 0 aromatic carbocycles. The van der Waals surface area contributed by atoms with Crippen LogP contribution in [0.1, 0.15) is 6.42 Å². The van der Waals surface area contributed by atoms with E-state index in [0.29, 0.717) is 12.3 Å². The number of aliphatic hydroxyl groups excluding tert-OH is 2. The van der Waals surface area contributed by atoms with Gasteiger partial charge >= 0.3 is 0 Å². The molecule has 8 heavy (non-hydrogen) atoms. The maximum absolute atomic E-state index is 8.77. The number of aliphatic hydroxyl groups is 2. The molecule has 3 nitrogen and oxygen atoms in total. The highest BCUT2D eigenvalue weighted by molar-refractivity contribution is 7.99. The molecule has 0 saturated carbocycles. The van der Waals surface area contributed by atoms with Crippen LogP contribution in [0.4, 0.5) is 0 Å². The summed E-state index contributed by atoms with van der Waals surface area (Å²) in [6, 6.07) is 0. The fourth-order valence-electron chi connectivity index (χ4n) is 0.305. The number of hydrogen-bond acceptors (Lipinski definition) is 4. The average Bonchev–Trinajstić information content (AvgIpc) is 1.68. The Bertz CT molecular complexity index is 47.3. The van der Waals surface area contributed by atoms with E-state index >= 15 is 0 Å². The summed E-state index contributed by atoms with van der Waals surface area (Å²) in [5.41, 5.74) is 4.59. The lowest BCUT2D eigenvalue weighted by Gasteiger charge is -2.03. The van der Waals surface area contributed by atoms with Crippen LogP contribution in [0.15, 0.2) is 0 Å². The second kappa shape index (κ2) is 5.37. The van der Waals surface area contributed by atoms with Crippen molar-refractivity contribution in [3.8, 4) is 0 Å². The van der Waals surface area contributed by atoms with Crippen molar-refractivity contribution in [2.75, 3.05) is 12.5 Å². The van der Waals surface area contributed by atoms with Crippen LogP contribution >= 0.6 is 11.8 Å². The van der Waals surface area contributed by atoms with E-state index in [1.807, 2.05) is 0 Å². The van der Waals surface area contributed by atoms with Gasteiger partial charge in [0.05, 0.1) is 0 Å². The Morgan fingerprint density at radius 3 is 2.62 bits per heavy atom. The molecule has 0 aliphatic rings. The molecule has 4 N–H and O–H groups in total. The predicted octanol–water partition coefficient (Wildman–Crippen LogP) is -0.663. The van der Waals surface area contributed by atoms with Crippen LogP contribution in [-0.4, -0.2) is 28.1 Å². The molecule has 0 aliphatic carbocycles. The van der Waals surface area contributed by atoms with E-state index in [1.54, 1.807) is 0 Å². The highest BCUT2D eigenvalue weighted by Crippen LogP contribution is 2.06. The molecule has 0 bridgehead atoms. The van der Waals surface area contributed by atoms with Crippen LogP contribution in [0.5, 0.6) is 0 Å². The van der Waals surface area contributed by atoms with Crippen molar-refractivity contribution in [2.24, 2.45) is 5.73 Å². The summed E-state index contributed by atoms with van der Waals surface area (Å²) in [7, 11) is 0. The molecule has 1 unspecified atom stereocenters. The van der Waals surface area contributed by atoms with E-state index in [9.17, 15) is 0 Å². The Balaban J connectivity index is 2.92. The Hall–Kier alpha value is 0.230. The zero-order chi connectivity index (χ0) is 6.41. The fraction of sp³-hybridized carbons (Fsp3) is 1.00. The summed E-state index contributed by atoms with van der Waals surface area (Å²) >= 11 is 1.23. The minimum Gasteiger partial charge on any atom is -0.396 e. The fourth-order valence-corrected chi connectivity index (χ4v) is 0.799. The molecule has 0 aliphatic heterocycles. The van der Waals surface area contributed by atoms with Gasteiger partial charge in [-0.25, -0.2) is 0 Å². The van der Waals surface area contributed by atoms with Crippen molar-refractivity contribution >= 4 is 11.8 Å². The van der Waals surface area contributed by atoms with Gasteiger partial charge in [-0.05, 0) is 0 Å². The summed E-state index contributed by atoms with van der Waals surface area (Å²) in [5, 5.41) is 17.0. The lowest BCUT2D eigenvalue weighted by molar-refractivity contribution is 0.198. The summed E-state index contributed by atoms with van der Waals surface area (Å²) in [5.74, 6) is 0.404. The number of hydrogen-bond donors (Lipinski definition) is 3. The lowest BCUT2D eigenvalue weighted by atomic mass is 10.5. The molecule has 1 atom stereocenters. The third-order valence-corrected chi connectivity index (χ3v) is 1.48. The summed E-state index contributed by atoms with van der Waals surface area (Å²) < 4.78 is 0. The van der Waals surface area contributed by atoms with Crippen molar-refractivity contribution in [2.45, 2.75) is 11.9 Å². The Morgan fingerprint density at radius 2 is 2.25 bits per heavy atom. The second-order valence-electron chi connectivity index (χ2n) is 1.30. The van der Waals surface area contributed by atoms with Gasteiger partial charge in [0.2, 0.25) is 0 Å². The Labute approximate surface area is 52.9 Å². The third-order valence-electron chi connectivity index (χ3n) is 0.665. The first-order valence-corrected chi connectivity index (χ1v) is 3.46. The second-order valence-corrected chi connectivity index (χ2v) is 2.51. The van der Waals surface area contributed by atoms with Crippen molar-refractivity contribution in [3.05, 3.63) is 0 Å². The summed E-state index contributed by atoms with van der Waals surface area (Å²) in [6.45, 7) is 0.0220. The zero-order valence-electron chi connectivity index (χ0n) is 4.58. The monoisotopic (exact) mass is 137 g/mol. The minimum atomic E-state index is -0.495. The van der Waals surface area contributed by atoms with Gasteiger partial charge in [0.25, 0.3) is 0 Å². The van der Waals surface area contributed by atoms with Gasteiger partial charge in [-0.2, -0.15) is 0 Å². The molecule has 0 saturated heterocycles. The molecule has 0 fully saturated rings. The van der Waals surface area contributed by atoms with Crippen LogP contribution in [0, 0.1) is 0 Å². The van der Waals surface area contributed by atoms with Crippen LogP contribution in [0.2, 0.25) is 0 Å².